The Morgan fingerprint density at radius 3 is 2.63 bits per heavy atom. The molecule has 1 atom stereocenters. The van der Waals surface area contributed by atoms with Crippen molar-refractivity contribution in [2.75, 3.05) is 7.05 Å². The number of thiazole rings is 1. The van der Waals surface area contributed by atoms with Crippen molar-refractivity contribution in [2.24, 2.45) is 0 Å². The fraction of sp³-hybridized carbons (Fsp3) is 0.400. The van der Waals surface area contributed by atoms with E-state index in [1.54, 1.807) is 17.4 Å². The van der Waals surface area contributed by atoms with Crippen LogP contribution in [0.4, 0.5) is 4.39 Å². The lowest BCUT2D eigenvalue weighted by atomic mass is 10.0. The first-order chi connectivity index (χ1) is 9.01. The summed E-state index contributed by atoms with van der Waals surface area (Å²) < 4.78 is 13.9. The summed E-state index contributed by atoms with van der Waals surface area (Å²) in [5, 5.41) is 4.24. The van der Waals surface area contributed by atoms with Crippen molar-refractivity contribution < 1.29 is 4.39 Å². The standard InChI is InChI=1S/C15H19FN2S/c1-9-5-6-13(16)12(7-9)14(17-4)8-15-18-10(2)11(3)19-15/h5-7,14,17H,8H2,1-4H3. The zero-order chi connectivity index (χ0) is 14.0. The molecular weight excluding hydrogens is 259 g/mol. The van der Waals surface area contributed by atoms with E-state index in [4.69, 9.17) is 0 Å². The summed E-state index contributed by atoms with van der Waals surface area (Å²) in [7, 11) is 1.86. The van der Waals surface area contributed by atoms with Crippen LogP contribution in [0.15, 0.2) is 18.2 Å². The maximum atomic E-state index is 13.9. The van der Waals surface area contributed by atoms with Crippen molar-refractivity contribution in [1.82, 2.24) is 10.3 Å². The molecule has 1 aromatic carbocycles. The van der Waals surface area contributed by atoms with E-state index in [9.17, 15) is 4.39 Å². The predicted molar refractivity (Wildman–Crippen MR) is 78.2 cm³/mol. The molecule has 0 aliphatic rings. The third kappa shape index (κ3) is 3.19. The molecule has 1 aromatic heterocycles. The van der Waals surface area contributed by atoms with Crippen LogP contribution in [0.2, 0.25) is 0 Å². The van der Waals surface area contributed by atoms with Gasteiger partial charge >= 0.3 is 0 Å². The Labute approximate surface area is 117 Å². The molecule has 2 aromatic rings. The number of likely N-dealkylation sites (N-methyl/N-ethyl adjacent to an activating group) is 1. The third-order valence-corrected chi connectivity index (χ3v) is 4.42. The molecule has 0 saturated heterocycles. The lowest BCUT2D eigenvalue weighted by Gasteiger charge is -2.16. The summed E-state index contributed by atoms with van der Waals surface area (Å²) in [4.78, 5) is 5.76. The first-order valence-corrected chi connectivity index (χ1v) is 7.19. The molecular formula is C15H19FN2S. The summed E-state index contributed by atoms with van der Waals surface area (Å²) >= 11 is 1.69. The van der Waals surface area contributed by atoms with E-state index < -0.39 is 0 Å². The van der Waals surface area contributed by atoms with Gasteiger partial charge in [0.2, 0.25) is 0 Å². The second-order valence-electron chi connectivity index (χ2n) is 4.82. The van der Waals surface area contributed by atoms with Crippen LogP contribution in [0.3, 0.4) is 0 Å². The average Bonchev–Trinajstić information content (AvgIpc) is 2.69. The summed E-state index contributed by atoms with van der Waals surface area (Å²) in [5.74, 6) is -0.157. The Balaban J connectivity index is 2.27. The molecule has 1 unspecified atom stereocenters. The molecule has 2 nitrogen and oxygen atoms in total. The quantitative estimate of drug-likeness (QED) is 0.922. The molecule has 0 saturated carbocycles. The second-order valence-corrected chi connectivity index (χ2v) is 6.11. The second kappa shape index (κ2) is 5.80. The highest BCUT2D eigenvalue weighted by atomic mass is 32.1. The highest BCUT2D eigenvalue weighted by Crippen LogP contribution is 2.25. The van der Waals surface area contributed by atoms with Crippen molar-refractivity contribution in [1.29, 1.82) is 0 Å². The molecule has 0 aliphatic heterocycles. The monoisotopic (exact) mass is 278 g/mol. The Bertz CT molecular complexity index is 558. The van der Waals surface area contributed by atoms with E-state index in [2.05, 4.69) is 17.2 Å². The molecule has 19 heavy (non-hydrogen) atoms. The highest BCUT2D eigenvalue weighted by molar-refractivity contribution is 7.11. The number of hydrogen-bond acceptors (Lipinski definition) is 3. The number of nitrogens with one attached hydrogen (secondary N) is 1. The minimum absolute atomic E-state index is 0.0372. The molecule has 4 heteroatoms. The lowest BCUT2D eigenvalue weighted by Crippen LogP contribution is -2.20. The largest absolute Gasteiger partial charge is 0.313 e. The molecule has 0 spiro atoms. The Morgan fingerprint density at radius 1 is 1.32 bits per heavy atom. The van der Waals surface area contributed by atoms with Crippen LogP contribution in [-0.2, 0) is 6.42 Å². The van der Waals surface area contributed by atoms with Gasteiger partial charge in [0.1, 0.15) is 5.82 Å². The molecule has 2 rings (SSSR count). The summed E-state index contributed by atoms with van der Waals surface area (Å²) in [6.07, 6.45) is 0.718. The van der Waals surface area contributed by atoms with Crippen molar-refractivity contribution in [2.45, 2.75) is 33.2 Å². The van der Waals surface area contributed by atoms with E-state index in [1.807, 2.05) is 27.0 Å². The van der Waals surface area contributed by atoms with Gasteiger partial charge in [0.25, 0.3) is 0 Å². The number of hydrogen-bond donors (Lipinski definition) is 1. The summed E-state index contributed by atoms with van der Waals surface area (Å²) in [5.41, 5.74) is 2.86. The number of aryl methyl sites for hydroxylation is 3. The molecule has 0 aliphatic carbocycles. The number of aromatic nitrogens is 1. The van der Waals surface area contributed by atoms with Gasteiger partial charge in [-0.1, -0.05) is 17.7 Å². The lowest BCUT2D eigenvalue weighted by molar-refractivity contribution is 0.532. The number of benzene rings is 1. The molecule has 1 heterocycles. The van der Waals surface area contributed by atoms with Gasteiger partial charge in [-0.3, -0.25) is 0 Å². The fourth-order valence-corrected chi connectivity index (χ4v) is 3.08. The zero-order valence-electron chi connectivity index (χ0n) is 11.7. The minimum Gasteiger partial charge on any atom is -0.313 e. The third-order valence-electron chi connectivity index (χ3n) is 3.33. The van der Waals surface area contributed by atoms with E-state index in [0.29, 0.717) is 5.56 Å². The van der Waals surface area contributed by atoms with Crippen molar-refractivity contribution in [3.8, 4) is 0 Å². The fourth-order valence-electron chi connectivity index (χ4n) is 2.10. The topological polar surface area (TPSA) is 24.9 Å². The maximum absolute atomic E-state index is 13.9. The Kier molecular flexibility index (Phi) is 4.32. The van der Waals surface area contributed by atoms with Crippen LogP contribution in [-0.4, -0.2) is 12.0 Å². The Hall–Kier alpha value is -1.26. The van der Waals surface area contributed by atoms with Crippen LogP contribution in [0.1, 0.15) is 32.7 Å². The van der Waals surface area contributed by atoms with Gasteiger partial charge in [-0.15, -0.1) is 11.3 Å². The smallest absolute Gasteiger partial charge is 0.128 e. The molecule has 0 bridgehead atoms. The molecule has 0 amide bonds. The van der Waals surface area contributed by atoms with Gasteiger partial charge in [-0.2, -0.15) is 0 Å². The summed E-state index contributed by atoms with van der Waals surface area (Å²) in [6.45, 7) is 6.06. The average molecular weight is 278 g/mol. The van der Waals surface area contributed by atoms with Gasteiger partial charge in [0.15, 0.2) is 0 Å². The zero-order valence-corrected chi connectivity index (χ0v) is 12.6. The predicted octanol–water partition coefficient (Wildman–Crippen LogP) is 3.71. The maximum Gasteiger partial charge on any atom is 0.128 e. The number of rotatable bonds is 4. The van der Waals surface area contributed by atoms with Crippen LogP contribution < -0.4 is 5.32 Å². The SMILES string of the molecule is CNC(Cc1nc(C)c(C)s1)c1cc(C)ccc1F. The van der Waals surface area contributed by atoms with Gasteiger partial charge in [0.05, 0.1) is 10.7 Å². The van der Waals surface area contributed by atoms with Gasteiger partial charge in [-0.05, 0) is 33.9 Å². The van der Waals surface area contributed by atoms with E-state index in [0.717, 1.165) is 22.7 Å². The van der Waals surface area contributed by atoms with Crippen molar-refractivity contribution in [3.05, 3.63) is 50.7 Å². The van der Waals surface area contributed by atoms with E-state index in [-0.39, 0.29) is 11.9 Å². The van der Waals surface area contributed by atoms with Crippen LogP contribution >= 0.6 is 11.3 Å². The first kappa shape index (κ1) is 14.2. The molecule has 102 valence electrons. The van der Waals surface area contributed by atoms with Gasteiger partial charge in [-0.25, -0.2) is 9.37 Å². The van der Waals surface area contributed by atoms with Crippen molar-refractivity contribution in [3.63, 3.8) is 0 Å². The van der Waals surface area contributed by atoms with Gasteiger partial charge < -0.3 is 5.32 Å². The summed E-state index contributed by atoms with van der Waals surface area (Å²) in [6, 6.07) is 5.20. The van der Waals surface area contributed by atoms with Crippen LogP contribution in [0, 0.1) is 26.6 Å². The molecule has 0 fully saturated rings. The van der Waals surface area contributed by atoms with Crippen LogP contribution in [0.5, 0.6) is 0 Å². The molecule has 1 N–H and O–H groups in total. The Morgan fingerprint density at radius 2 is 2.05 bits per heavy atom. The normalized spacial score (nSPS) is 12.7. The van der Waals surface area contributed by atoms with E-state index in [1.165, 1.54) is 10.9 Å². The van der Waals surface area contributed by atoms with E-state index >= 15 is 0 Å². The molecule has 0 radical (unpaired) electrons. The minimum atomic E-state index is -0.157. The number of halogens is 1. The van der Waals surface area contributed by atoms with Gasteiger partial charge in [0, 0.05) is 22.9 Å². The van der Waals surface area contributed by atoms with Crippen molar-refractivity contribution >= 4 is 11.3 Å². The highest BCUT2D eigenvalue weighted by Gasteiger charge is 2.17. The van der Waals surface area contributed by atoms with Crippen LogP contribution in [0.25, 0.3) is 0 Å². The first-order valence-electron chi connectivity index (χ1n) is 6.37. The number of nitrogens with zero attached hydrogens (tertiary/aromatic N) is 1.